The van der Waals surface area contributed by atoms with Gasteiger partial charge in [-0.15, -0.1) is 0 Å². The molecule has 1 aliphatic carbocycles. The number of aromatic nitrogens is 1. The summed E-state index contributed by atoms with van der Waals surface area (Å²) in [6.07, 6.45) is -4.22. The lowest BCUT2D eigenvalue weighted by Crippen LogP contribution is -2.52. The monoisotopic (exact) mass is 713 g/mol. The molecule has 1 aromatic heterocycles. The van der Waals surface area contributed by atoms with Gasteiger partial charge >= 0.3 is 12.1 Å². The van der Waals surface area contributed by atoms with Gasteiger partial charge in [0.15, 0.2) is 5.78 Å². The van der Waals surface area contributed by atoms with Gasteiger partial charge in [0, 0.05) is 25.0 Å². The Morgan fingerprint density at radius 2 is 1.67 bits per heavy atom. The number of ketones is 2. The summed E-state index contributed by atoms with van der Waals surface area (Å²) in [7, 11) is 1.38. The zero-order valence-corrected chi connectivity index (χ0v) is 27.0. The summed E-state index contributed by atoms with van der Waals surface area (Å²) in [6, 6.07) is 15.5. The van der Waals surface area contributed by atoms with Crippen molar-refractivity contribution in [2.75, 3.05) is 13.7 Å². The number of amides is 3. The molecule has 16 heteroatoms. The van der Waals surface area contributed by atoms with E-state index >= 15 is 0 Å². The molecule has 3 atom stereocenters. The van der Waals surface area contributed by atoms with Gasteiger partial charge in [-0.05, 0) is 66.3 Å². The smallest absolute Gasteiger partial charge is 0.405 e. The molecule has 0 saturated heterocycles. The molecular formula is C35H32F5N5O6. The minimum Gasteiger partial charge on any atom is -0.497 e. The Labute approximate surface area is 288 Å². The first-order valence-corrected chi connectivity index (χ1v) is 15.6. The van der Waals surface area contributed by atoms with E-state index in [4.69, 9.17) is 4.74 Å². The number of carbonyl (C=O) groups excluding carboxylic acids is 5. The van der Waals surface area contributed by atoms with Crippen molar-refractivity contribution in [3.63, 3.8) is 0 Å². The average molecular weight is 714 g/mol. The number of carbonyl (C=O) groups is 5. The highest BCUT2D eigenvalue weighted by molar-refractivity contribution is 6.09. The van der Waals surface area contributed by atoms with Gasteiger partial charge in [0.05, 0.1) is 18.7 Å². The summed E-state index contributed by atoms with van der Waals surface area (Å²) in [5.41, 5.74) is 0.851. The second-order valence-electron chi connectivity index (χ2n) is 11.8. The van der Waals surface area contributed by atoms with Crippen molar-refractivity contribution >= 4 is 29.3 Å². The lowest BCUT2D eigenvalue weighted by atomic mass is 9.86. The molecule has 268 valence electrons. The minimum absolute atomic E-state index is 0.0326. The molecule has 0 unspecified atom stereocenters. The summed E-state index contributed by atoms with van der Waals surface area (Å²) < 4.78 is 72.7. The Morgan fingerprint density at radius 3 is 2.25 bits per heavy atom. The van der Waals surface area contributed by atoms with Crippen LogP contribution in [0, 0.1) is 23.2 Å². The average Bonchev–Trinajstić information content (AvgIpc) is 3.97. The number of nitrogens with zero attached hydrogens (tertiary/aromatic N) is 2. The maximum absolute atomic E-state index is 14.9. The normalized spacial score (nSPS) is 14.6. The van der Waals surface area contributed by atoms with Crippen LogP contribution in [0.25, 0.3) is 0 Å². The molecule has 0 bridgehead atoms. The van der Waals surface area contributed by atoms with Gasteiger partial charge in [-0.1, -0.05) is 30.3 Å². The van der Waals surface area contributed by atoms with Crippen LogP contribution in [-0.4, -0.2) is 66.1 Å². The molecular weight excluding hydrogens is 681 g/mol. The van der Waals surface area contributed by atoms with Gasteiger partial charge in [0.1, 0.15) is 30.1 Å². The second-order valence-corrected chi connectivity index (χ2v) is 11.8. The zero-order valence-electron chi connectivity index (χ0n) is 27.0. The highest BCUT2D eigenvalue weighted by atomic mass is 19.4. The van der Waals surface area contributed by atoms with Crippen molar-refractivity contribution in [1.82, 2.24) is 20.9 Å². The Balaban J connectivity index is 1.63. The molecule has 3 N–H and O–H groups in total. The number of benzene rings is 2. The number of nitriles is 1. The first-order chi connectivity index (χ1) is 24.1. The van der Waals surface area contributed by atoms with Gasteiger partial charge in [-0.2, -0.15) is 27.2 Å². The Bertz CT molecular complexity index is 1790. The lowest BCUT2D eigenvalue weighted by molar-refractivity contribution is -0.166. The molecule has 1 aliphatic rings. The highest BCUT2D eigenvalue weighted by Gasteiger charge is 2.54. The SMILES string of the molecule is COc1ccc([C@H](NC(=O)[C@H](Cc2cccc(C#N)c2)NC(=O)c2ccccn2)C(=O)C[C@H](C(=O)C(F)(F)C(=O)NCC(F)(F)F)C2CC2)cc1. The maximum atomic E-state index is 14.9. The number of ether oxygens (including phenoxy) is 1. The molecule has 1 fully saturated rings. The quantitative estimate of drug-likeness (QED) is 0.148. The number of Topliss-reactive ketones (excluding diaryl/α,β-unsaturated/α-hetero) is 2. The number of pyridine rings is 1. The fourth-order valence-electron chi connectivity index (χ4n) is 5.27. The van der Waals surface area contributed by atoms with Crippen LogP contribution in [0.5, 0.6) is 5.75 Å². The van der Waals surface area contributed by atoms with Gasteiger partial charge < -0.3 is 20.7 Å². The zero-order chi connectivity index (χ0) is 37.3. The first-order valence-electron chi connectivity index (χ1n) is 15.6. The molecule has 51 heavy (non-hydrogen) atoms. The second kappa shape index (κ2) is 16.3. The van der Waals surface area contributed by atoms with E-state index in [0.29, 0.717) is 11.3 Å². The molecule has 0 aliphatic heterocycles. The standard InChI is InChI=1S/C35H32F5N5O6/c1-51-24-12-10-23(11-13-24)29(28(46)17-25(22-8-9-22)30(47)35(39,40)33(50)43-19-34(36,37)38)45-32(49)27(16-20-5-4-6-21(15-20)18-41)44-31(48)26-7-2-3-14-42-26/h2-7,10-15,22,25,27,29H,8-9,16-17,19H2,1H3,(H,43,50)(H,44,48)(H,45,49)/t25-,27-,29-/m0/s1. The summed E-state index contributed by atoms with van der Waals surface area (Å²) >= 11 is 0. The van der Waals surface area contributed by atoms with E-state index in [1.165, 1.54) is 55.8 Å². The van der Waals surface area contributed by atoms with Gasteiger partial charge in [-0.25, -0.2) is 0 Å². The fraction of sp³-hybridized carbons (Fsp3) is 0.343. The number of hydrogen-bond acceptors (Lipinski definition) is 8. The summed E-state index contributed by atoms with van der Waals surface area (Å²) in [5, 5.41) is 15.5. The number of hydrogen-bond donors (Lipinski definition) is 3. The number of rotatable bonds is 16. The van der Waals surface area contributed by atoms with Crippen LogP contribution < -0.4 is 20.7 Å². The van der Waals surface area contributed by atoms with Crippen molar-refractivity contribution in [2.24, 2.45) is 11.8 Å². The highest BCUT2D eigenvalue weighted by Crippen LogP contribution is 2.42. The van der Waals surface area contributed by atoms with Crippen LogP contribution in [0.15, 0.2) is 72.9 Å². The van der Waals surface area contributed by atoms with Crippen LogP contribution in [0.4, 0.5) is 22.0 Å². The van der Waals surface area contributed by atoms with Crippen molar-refractivity contribution in [3.05, 3.63) is 95.3 Å². The summed E-state index contributed by atoms with van der Waals surface area (Å²) in [4.78, 5) is 69.9. The van der Waals surface area contributed by atoms with Gasteiger partial charge in [-0.3, -0.25) is 29.0 Å². The van der Waals surface area contributed by atoms with Crippen LogP contribution in [-0.2, 0) is 25.6 Å². The van der Waals surface area contributed by atoms with Crippen LogP contribution >= 0.6 is 0 Å². The van der Waals surface area contributed by atoms with Crippen LogP contribution in [0.2, 0.25) is 0 Å². The third kappa shape index (κ3) is 10.4. The van der Waals surface area contributed by atoms with E-state index in [9.17, 15) is 51.2 Å². The molecule has 1 saturated carbocycles. The van der Waals surface area contributed by atoms with E-state index in [1.807, 2.05) is 6.07 Å². The fourth-order valence-corrected chi connectivity index (χ4v) is 5.27. The largest absolute Gasteiger partial charge is 0.497 e. The molecule has 11 nitrogen and oxygen atoms in total. The molecule has 0 radical (unpaired) electrons. The molecule has 4 rings (SSSR count). The van der Waals surface area contributed by atoms with E-state index in [-0.39, 0.29) is 36.1 Å². The minimum atomic E-state index is -5.02. The Kier molecular flexibility index (Phi) is 12.2. The lowest BCUT2D eigenvalue weighted by Gasteiger charge is -2.26. The van der Waals surface area contributed by atoms with Gasteiger partial charge in [0.2, 0.25) is 11.7 Å². The number of alkyl halides is 5. The van der Waals surface area contributed by atoms with E-state index < -0.39 is 78.3 Å². The number of methoxy groups -OCH3 is 1. The Hall–Kier alpha value is -5.72. The third-order valence-corrected chi connectivity index (χ3v) is 8.07. The van der Waals surface area contributed by atoms with Crippen LogP contribution in [0.3, 0.4) is 0 Å². The molecule has 0 spiro atoms. The predicted octanol–water partition coefficient (Wildman–Crippen LogP) is 4.03. The molecule has 3 aromatic rings. The topological polar surface area (TPSA) is 167 Å². The molecule has 1 heterocycles. The van der Waals surface area contributed by atoms with Crippen molar-refractivity contribution < 1.29 is 50.7 Å². The van der Waals surface area contributed by atoms with Crippen molar-refractivity contribution in [2.45, 2.75) is 49.9 Å². The maximum Gasteiger partial charge on any atom is 0.405 e. The predicted molar refractivity (Wildman–Crippen MR) is 169 cm³/mol. The molecule has 3 amide bonds. The summed E-state index contributed by atoms with van der Waals surface area (Å²) in [5.74, 6) is -14.1. The Morgan fingerprint density at radius 1 is 0.961 bits per heavy atom. The summed E-state index contributed by atoms with van der Waals surface area (Å²) in [6.45, 7) is -2.09. The van der Waals surface area contributed by atoms with Crippen LogP contribution in [0.1, 0.15) is 52.5 Å². The van der Waals surface area contributed by atoms with Crippen molar-refractivity contribution in [3.8, 4) is 11.8 Å². The first kappa shape index (κ1) is 38.1. The van der Waals surface area contributed by atoms with E-state index in [2.05, 4.69) is 15.6 Å². The number of nitrogens with one attached hydrogen (secondary N) is 3. The van der Waals surface area contributed by atoms with E-state index in [1.54, 1.807) is 24.3 Å². The number of halogens is 5. The van der Waals surface area contributed by atoms with Crippen molar-refractivity contribution in [1.29, 1.82) is 5.26 Å². The third-order valence-electron chi connectivity index (χ3n) is 8.07. The van der Waals surface area contributed by atoms with Gasteiger partial charge in [0.25, 0.3) is 11.8 Å². The molecule has 2 aromatic carbocycles. The van der Waals surface area contributed by atoms with E-state index in [0.717, 1.165) is 5.32 Å².